The van der Waals surface area contributed by atoms with Crippen molar-refractivity contribution < 1.29 is 0 Å². The van der Waals surface area contributed by atoms with Gasteiger partial charge in [0.2, 0.25) is 5.87 Å². The molecule has 5 heteroatoms. The van der Waals surface area contributed by atoms with E-state index in [0.29, 0.717) is 5.87 Å². The molecule has 0 aromatic rings. The van der Waals surface area contributed by atoms with E-state index in [1.54, 1.807) is 0 Å². The molecule has 0 N–H and O–H groups in total. The predicted molar refractivity (Wildman–Crippen MR) is 43.2 cm³/mol. The fourth-order valence-electron chi connectivity index (χ4n) is 0. The van der Waals surface area contributed by atoms with Crippen molar-refractivity contribution in [2.75, 3.05) is 0 Å². The fourth-order valence-corrected chi connectivity index (χ4v) is 0. The summed E-state index contributed by atoms with van der Waals surface area (Å²) in [5.41, 5.74) is 0. The van der Waals surface area contributed by atoms with Crippen LogP contribution in [0.1, 0.15) is 0 Å². The van der Waals surface area contributed by atoms with Gasteiger partial charge in [-0.3, -0.25) is 0 Å². The van der Waals surface area contributed by atoms with Gasteiger partial charge >= 0.3 is 0 Å². The molecular formula is H7BP4. The van der Waals surface area contributed by atoms with Gasteiger partial charge < -0.3 is 0 Å². The Bertz CT molecular complexity index is 28.5. The summed E-state index contributed by atoms with van der Waals surface area (Å²) in [4.78, 5) is 0. The molecule has 0 fully saturated rings. The molecule has 0 aromatic heterocycles. The molecule has 0 aromatic carbocycles. The summed E-state index contributed by atoms with van der Waals surface area (Å²) in [6.45, 7) is 0. The second kappa shape index (κ2) is 3.96. The molecule has 0 saturated carbocycles. The minimum Gasteiger partial charge on any atom is -0.161 e. The Morgan fingerprint density at radius 2 is 2.00 bits per heavy atom. The third-order valence-electron chi connectivity index (χ3n) is 0.172. The van der Waals surface area contributed by atoms with Crippen molar-refractivity contribution in [3.63, 3.8) is 0 Å². The maximum absolute atomic E-state index is 7.02. The summed E-state index contributed by atoms with van der Waals surface area (Å²) in [6, 6.07) is 0. The molecule has 0 spiro atoms. The van der Waals surface area contributed by atoms with Gasteiger partial charge in [-0.1, -0.05) is 0 Å². The first kappa shape index (κ1) is 4.93. The second-order valence-corrected chi connectivity index (χ2v) is 5.76. The van der Waals surface area contributed by atoms with Crippen LogP contribution in [0.15, 0.2) is 0 Å². The van der Waals surface area contributed by atoms with Gasteiger partial charge in [-0.25, -0.2) is 0 Å². The van der Waals surface area contributed by atoms with Crippen LogP contribution in [0.3, 0.4) is 0 Å². The highest BCUT2D eigenvalue weighted by molar-refractivity contribution is 8.39. The van der Waals surface area contributed by atoms with Crippen molar-refractivity contribution in [1.29, 1.82) is 1.28 Å². The van der Waals surface area contributed by atoms with E-state index >= 15 is 0 Å². The maximum Gasteiger partial charge on any atom is 0.216 e. The first-order valence-electron chi connectivity index (χ1n) is 1.63. The van der Waals surface area contributed by atoms with Crippen molar-refractivity contribution >= 4 is 41.1 Å². The molecular weight excluding hydrogens is 135 g/mol. The first-order chi connectivity index (χ1) is 2.64. The fraction of sp³-hybridized carbons (Fsp3) is 0. The second-order valence-electron chi connectivity index (χ2n) is 0.640. The SMILES string of the molecule is [3H]P(P)B(P)P. The molecule has 0 amide bonds. The van der Waals surface area contributed by atoms with Crippen molar-refractivity contribution in [3.8, 4) is 0 Å². The number of rotatable bonds is 1. The monoisotopic (exact) mass is 144 g/mol. The van der Waals surface area contributed by atoms with E-state index in [1.807, 2.05) is 0 Å². The lowest BCUT2D eigenvalue weighted by molar-refractivity contribution is 4.46. The minimum absolute atomic E-state index is 0.380. The highest BCUT2D eigenvalue weighted by Gasteiger charge is 1.87. The zero-order valence-corrected chi connectivity index (χ0v) is 7.12. The average molecular weight is 144 g/mol. The summed E-state index contributed by atoms with van der Waals surface area (Å²) in [5, 5.41) is 0. The summed E-state index contributed by atoms with van der Waals surface area (Å²) < 4.78 is 7.02. The molecule has 4 unspecified atom stereocenters. The van der Waals surface area contributed by atoms with Gasteiger partial charge in [-0.05, 0) is 0 Å². The summed E-state index contributed by atoms with van der Waals surface area (Å²) in [5.74, 6) is 0.380. The van der Waals surface area contributed by atoms with Crippen LogP contribution in [0.2, 0.25) is 0 Å². The van der Waals surface area contributed by atoms with Crippen LogP contribution in [0.5, 0.6) is 0 Å². The number of hydrogen-bond acceptors (Lipinski definition) is 0. The first-order valence-corrected chi connectivity index (χ1v) is 5.10. The van der Waals surface area contributed by atoms with E-state index < -0.39 is 8.09 Å². The van der Waals surface area contributed by atoms with Crippen molar-refractivity contribution in [2.24, 2.45) is 0 Å². The van der Waals surface area contributed by atoms with Gasteiger partial charge in [0, 0.05) is 0 Å². The molecule has 30 valence electrons. The molecule has 0 aliphatic carbocycles. The minimum atomic E-state index is -0.567. The lowest BCUT2D eigenvalue weighted by atomic mass is 10.7. The Morgan fingerprint density at radius 1 is 1.80 bits per heavy atom. The van der Waals surface area contributed by atoms with Gasteiger partial charge in [0.1, 0.15) is 0 Å². The molecule has 0 nitrogen and oxygen atoms in total. The molecule has 0 rings (SSSR count). The normalized spacial score (nSPS) is 17.0. The lowest BCUT2D eigenvalue weighted by Crippen LogP contribution is -1.65. The third kappa shape index (κ3) is 5.78. The molecule has 0 radical (unpaired) electrons. The van der Waals surface area contributed by atoms with E-state index in [2.05, 4.69) is 27.2 Å². The number of hydrogen-bond donors (Lipinski definition) is 0. The Balaban J connectivity index is 2.99. The van der Waals surface area contributed by atoms with Gasteiger partial charge in [0.05, 0.1) is 1.28 Å². The molecule has 0 saturated heterocycles. The van der Waals surface area contributed by atoms with Crippen LogP contribution in [-0.2, 0) is 0 Å². The average Bonchev–Trinajstić information content (AvgIpc) is 1.36. The topological polar surface area (TPSA) is 0 Å². The Hall–Kier alpha value is 1.78. The lowest BCUT2D eigenvalue weighted by Gasteiger charge is -1.85. The smallest absolute Gasteiger partial charge is 0.161 e. The van der Waals surface area contributed by atoms with Crippen molar-refractivity contribution in [3.05, 3.63) is 0 Å². The van der Waals surface area contributed by atoms with Crippen LogP contribution in [0.4, 0.5) is 0 Å². The van der Waals surface area contributed by atoms with Crippen LogP contribution >= 0.6 is 35.3 Å². The largest absolute Gasteiger partial charge is 0.216 e. The standard InChI is InChI=1S/BH7P4/c2-1(3)5-4/h5H,2-4H2/i5T. The van der Waals surface area contributed by atoms with Crippen molar-refractivity contribution in [1.82, 2.24) is 0 Å². The van der Waals surface area contributed by atoms with Gasteiger partial charge in [0.25, 0.3) is 0 Å². The predicted octanol–water partition coefficient (Wildman–Crippen LogP) is 1.19. The van der Waals surface area contributed by atoms with Crippen LogP contribution in [0.25, 0.3) is 0 Å². The zero-order valence-electron chi connectivity index (χ0n) is 3.76. The van der Waals surface area contributed by atoms with Crippen LogP contribution in [-0.4, -0.2) is 7.15 Å². The Morgan fingerprint density at radius 3 is 2.00 bits per heavy atom. The highest BCUT2D eigenvalue weighted by atomic mass is 32.0. The third-order valence-corrected chi connectivity index (χ3v) is 4.65. The molecule has 0 aliphatic heterocycles. The Labute approximate surface area is 43.2 Å². The van der Waals surface area contributed by atoms with Crippen LogP contribution in [0, 0.1) is 0 Å². The molecule has 0 aliphatic rings. The van der Waals surface area contributed by atoms with Crippen molar-refractivity contribution in [2.45, 2.75) is 0 Å². The van der Waals surface area contributed by atoms with E-state index in [9.17, 15) is 0 Å². The molecule has 4 atom stereocenters. The van der Waals surface area contributed by atoms with Gasteiger partial charge in [-0.15, -0.1) is 17.0 Å². The molecule has 5 heavy (non-hydrogen) atoms. The Kier molecular flexibility index (Phi) is 3.90. The van der Waals surface area contributed by atoms with E-state index in [1.165, 1.54) is 0 Å². The summed E-state index contributed by atoms with van der Waals surface area (Å²) in [7, 11) is 7.01. The molecule has 0 heterocycles. The maximum atomic E-state index is 7.02. The van der Waals surface area contributed by atoms with Gasteiger partial charge in [-0.2, -0.15) is 18.2 Å². The van der Waals surface area contributed by atoms with Gasteiger partial charge in [0.15, 0.2) is 0 Å². The zero-order chi connectivity index (χ0) is 5.15. The van der Waals surface area contributed by atoms with Crippen LogP contribution < -0.4 is 0 Å². The summed E-state index contributed by atoms with van der Waals surface area (Å²) in [6.07, 6.45) is 0. The molecule has 0 bridgehead atoms. The van der Waals surface area contributed by atoms with E-state index in [-0.39, 0.29) is 0 Å². The van der Waals surface area contributed by atoms with E-state index in [4.69, 9.17) is 1.28 Å². The summed E-state index contributed by atoms with van der Waals surface area (Å²) >= 11 is 0. The quantitative estimate of drug-likeness (QED) is 0.382. The van der Waals surface area contributed by atoms with E-state index in [0.717, 1.165) is 0 Å². The highest BCUT2D eigenvalue weighted by Crippen LogP contribution is 2.31.